The number of Topliss-reactive ketones (excluding diaryl/α,β-unsaturated/α-hetero) is 1. The second-order valence-corrected chi connectivity index (χ2v) is 7.50. The Morgan fingerprint density at radius 3 is 2.93 bits per heavy atom. The van der Waals surface area contributed by atoms with Crippen LogP contribution in [0.5, 0.6) is 11.5 Å². The third kappa shape index (κ3) is 3.34. The van der Waals surface area contributed by atoms with E-state index in [1.165, 1.54) is 0 Å². The second-order valence-electron chi connectivity index (χ2n) is 7.50. The summed E-state index contributed by atoms with van der Waals surface area (Å²) < 4.78 is 10.8. The quantitative estimate of drug-likeness (QED) is 0.645. The molecule has 2 aliphatic heterocycles. The number of nitrogens with zero attached hydrogens (tertiary/aromatic N) is 2. The molecule has 1 fully saturated rings. The molecule has 142 valence electrons. The zero-order valence-corrected chi connectivity index (χ0v) is 15.6. The predicted molar refractivity (Wildman–Crippen MR) is 107 cm³/mol. The van der Waals surface area contributed by atoms with E-state index in [0.717, 1.165) is 49.1 Å². The fourth-order valence-electron chi connectivity index (χ4n) is 4.12. The van der Waals surface area contributed by atoms with Crippen molar-refractivity contribution in [3.8, 4) is 11.5 Å². The van der Waals surface area contributed by atoms with E-state index in [4.69, 9.17) is 14.5 Å². The van der Waals surface area contributed by atoms with E-state index >= 15 is 0 Å². The minimum Gasteiger partial charge on any atom is -0.454 e. The van der Waals surface area contributed by atoms with Gasteiger partial charge in [-0.05, 0) is 49.7 Å². The lowest BCUT2D eigenvalue weighted by molar-refractivity contribution is 0.0810. The van der Waals surface area contributed by atoms with Crippen LogP contribution in [0.15, 0.2) is 54.6 Å². The van der Waals surface area contributed by atoms with E-state index in [-0.39, 0.29) is 18.5 Å². The van der Waals surface area contributed by atoms with E-state index < -0.39 is 0 Å². The molecule has 0 spiro atoms. The van der Waals surface area contributed by atoms with Gasteiger partial charge in [-0.2, -0.15) is 0 Å². The van der Waals surface area contributed by atoms with Crippen LogP contribution in [-0.4, -0.2) is 35.5 Å². The Hall–Kier alpha value is -2.92. The zero-order chi connectivity index (χ0) is 18.9. The topological polar surface area (TPSA) is 51.7 Å². The van der Waals surface area contributed by atoms with Gasteiger partial charge in [0, 0.05) is 30.0 Å². The number of ether oxygens (including phenoxy) is 2. The summed E-state index contributed by atoms with van der Waals surface area (Å²) in [5.74, 6) is 1.58. The monoisotopic (exact) mass is 374 g/mol. The van der Waals surface area contributed by atoms with Gasteiger partial charge in [0.05, 0.1) is 11.2 Å². The molecule has 2 aliphatic rings. The average molecular weight is 374 g/mol. The van der Waals surface area contributed by atoms with Crippen LogP contribution in [0.4, 0.5) is 0 Å². The molecule has 1 aromatic heterocycles. The van der Waals surface area contributed by atoms with Crippen LogP contribution in [0, 0.1) is 5.92 Å². The lowest BCUT2D eigenvalue weighted by Crippen LogP contribution is -2.38. The van der Waals surface area contributed by atoms with Gasteiger partial charge in [0.15, 0.2) is 17.3 Å². The van der Waals surface area contributed by atoms with Gasteiger partial charge in [-0.1, -0.05) is 24.3 Å². The van der Waals surface area contributed by atoms with Crippen molar-refractivity contribution in [3.05, 3.63) is 65.9 Å². The first-order valence-corrected chi connectivity index (χ1v) is 9.77. The molecule has 1 atom stereocenters. The van der Waals surface area contributed by atoms with Crippen LogP contribution in [0.1, 0.15) is 28.9 Å². The Balaban J connectivity index is 1.29. The van der Waals surface area contributed by atoms with Crippen molar-refractivity contribution in [1.82, 2.24) is 9.88 Å². The van der Waals surface area contributed by atoms with Crippen LogP contribution >= 0.6 is 0 Å². The van der Waals surface area contributed by atoms with Gasteiger partial charge < -0.3 is 9.47 Å². The Morgan fingerprint density at radius 1 is 1.07 bits per heavy atom. The molecule has 0 amide bonds. The number of ketones is 1. The van der Waals surface area contributed by atoms with E-state index in [2.05, 4.69) is 23.1 Å². The van der Waals surface area contributed by atoms with E-state index in [9.17, 15) is 4.79 Å². The summed E-state index contributed by atoms with van der Waals surface area (Å²) in [6, 6.07) is 17.9. The van der Waals surface area contributed by atoms with Gasteiger partial charge >= 0.3 is 0 Å². The van der Waals surface area contributed by atoms with E-state index in [0.29, 0.717) is 17.1 Å². The fraction of sp³-hybridized carbons (Fsp3) is 0.304. The Morgan fingerprint density at radius 2 is 1.96 bits per heavy atom. The summed E-state index contributed by atoms with van der Waals surface area (Å²) >= 11 is 0. The van der Waals surface area contributed by atoms with Crippen LogP contribution in [0.25, 0.3) is 10.9 Å². The highest BCUT2D eigenvalue weighted by Gasteiger charge is 2.28. The normalized spacial score (nSPS) is 19.1. The maximum atomic E-state index is 13.0. The molecule has 0 N–H and O–H groups in total. The standard InChI is InChI=1S/C23H22N2O3/c26-23(17-8-10-21-22(12-17)28-15-27-21)18-5-3-11-25(13-18)14-19-9-7-16-4-1-2-6-20(16)24-19/h1-2,4,6-10,12,18H,3,5,11,13-15H2. The van der Waals surface area contributed by atoms with Crippen LogP contribution < -0.4 is 9.47 Å². The molecular weight excluding hydrogens is 352 g/mol. The lowest BCUT2D eigenvalue weighted by Gasteiger charge is -2.31. The first-order valence-electron chi connectivity index (χ1n) is 9.77. The highest BCUT2D eigenvalue weighted by Crippen LogP contribution is 2.34. The van der Waals surface area contributed by atoms with Crippen LogP contribution in [-0.2, 0) is 6.54 Å². The number of carbonyl (C=O) groups excluding carboxylic acids is 1. The molecule has 5 heteroatoms. The molecule has 5 nitrogen and oxygen atoms in total. The molecule has 3 heterocycles. The maximum absolute atomic E-state index is 13.0. The van der Waals surface area contributed by atoms with Crippen molar-refractivity contribution in [1.29, 1.82) is 0 Å². The summed E-state index contributed by atoms with van der Waals surface area (Å²) in [6.07, 6.45) is 1.95. The first kappa shape index (κ1) is 17.2. The van der Waals surface area contributed by atoms with Crippen molar-refractivity contribution in [2.24, 2.45) is 5.92 Å². The van der Waals surface area contributed by atoms with Crippen molar-refractivity contribution >= 4 is 16.7 Å². The largest absolute Gasteiger partial charge is 0.454 e. The van der Waals surface area contributed by atoms with Gasteiger partial charge in [-0.15, -0.1) is 0 Å². The molecule has 0 saturated carbocycles. The number of pyridine rings is 1. The van der Waals surface area contributed by atoms with Crippen LogP contribution in [0.3, 0.4) is 0 Å². The molecule has 5 rings (SSSR count). The van der Waals surface area contributed by atoms with Gasteiger partial charge in [0.2, 0.25) is 6.79 Å². The molecule has 28 heavy (non-hydrogen) atoms. The highest BCUT2D eigenvalue weighted by molar-refractivity contribution is 5.98. The summed E-state index contributed by atoms with van der Waals surface area (Å²) in [5.41, 5.74) is 2.78. The number of likely N-dealkylation sites (tertiary alicyclic amines) is 1. The van der Waals surface area contributed by atoms with Crippen LogP contribution in [0.2, 0.25) is 0 Å². The number of aromatic nitrogens is 1. The molecule has 0 bridgehead atoms. The molecule has 0 radical (unpaired) electrons. The third-order valence-corrected chi connectivity index (χ3v) is 5.58. The van der Waals surface area contributed by atoms with Gasteiger partial charge in [-0.25, -0.2) is 0 Å². The fourth-order valence-corrected chi connectivity index (χ4v) is 4.12. The van der Waals surface area contributed by atoms with Crippen molar-refractivity contribution in [2.75, 3.05) is 19.9 Å². The molecule has 3 aromatic rings. The SMILES string of the molecule is O=C(c1ccc2c(c1)OCO2)C1CCCN(Cc2ccc3ccccc3n2)C1. The summed E-state index contributed by atoms with van der Waals surface area (Å²) in [4.78, 5) is 20.2. The van der Waals surface area contributed by atoms with Gasteiger partial charge in [0.1, 0.15) is 0 Å². The predicted octanol–water partition coefficient (Wildman–Crippen LogP) is 4.06. The summed E-state index contributed by atoms with van der Waals surface area (Å²) in [5, 5.41) is 1.15. The van der Waals surface area contributed by atoms with E-state index in [1.807, 2.05) is 36.4 Å². The molecule has 1 unspecified atom stereocenters. The summed E-state index contributed by atoms with van der Waals surface area (Å²) in [6.45, 7) is 2.76. The number of fused-ring (bicyclic) bond motifs is 2. The summed E-state index contributed by atoms with van der Waals surface area (Å²) in [7, 11) is 0. The minimum atomic E-state index is 0.00887. The Kier molecular flexibility index (Phi) is 4.45. The Bertz CT molecular complexity index is 1030. The van der Waals surface area contributed by atoms with Gasteiger partial charge in [0.25, 0.3) is 0 Å². The Labute approximate surface area is 163 Å². The number of benzene rings is 2. The molecular formula is C23H22N2O3. The lowest BCUT2D eigenvalue weighted by atomic mass is 9.89. The first-order chi connectivity index (χ1) is 13.8. The molecule has 2 aromatic carbocycles. The number of rotatable bonds is 4. The maximum Gasteiger partial charge on any atom is 0.231 e. The third-order valence-electron chi connectivity index (χ3n) is 5.58. The van der Waals surface area contributed by atoms with E-state index in [1.54, 1.807) is 0 Å². The number of piperidine rings is 1. The smallest absolute Gasteiger partial charge is 0.231 e. The van der Waals surface area contributed by atoms with Crippen molar-refractivity contribution in [3.63, 3.8) is 0 Å². The highest BCUT2D eigenvalue weighted by atomic mass is 16.7. The number of para-hydroxylation sites is 1. The van der Waals surface area contributed by atoms with Gasteiger partial charge in [-0.3, -0.25) is 14.7 Å². The number of hydrogen-bond acceptors (Lipinski definition) is 5. The minimum absolute atomic E-state index is 0.00887. The number of hydrogen-bond donors (Lipinski definition) is 0. The van der Waals surface area contributed by atoms with Crippen molar-refractivity contribution in [2.45, 2.75) is 19.4 Å². The average Bonchev–Trinajstić information content (AvgIpc) is 3.21. The molecule has 1 saturated heterocycles. The zero-order valence-electron chi connectivity index (χ0n) is 15.6. The number of carbonyl (C=O) groups is 1. The van der Waals surface area contributed by atoms with Crippen molar-refractivity contribution < 1.29 is 14.3 Å². The second kappa shape index (κ2) is 7.24. The molecule has 0 aliphatic carbocycles.